The molecular weight excluding hydrogens is 234 g/mol. The topological polar surface area (TPSA) is 84.3 Å². The van der Waals surface area contributed by atoms with Gasteiger partial charge in [-0.25, -0.2) is 0 Å². The van der Waals surface area contributed by atoms with Gasteiger partial charge in [0, 0.05) is 24.2 Å². The Bertz CT molecular complexity index is 509. The van der Waals surface area contributed by atoms with Crippen molar-refractivity contribution < 1.29 is 9.72 Å². The standard InChI is InChI=1S/C12H15N3O3/c1-12(5-6-12)14-11(16)8-3-4-10(15(17)18)9(7-8)13-2/h3-4,7,13H,5-6H2,1-2H3,(H,14,16). The second kappa shape index (κ2) is 4.29. The first-order chi connectivity index (χ1) is 8.45. The van der Waals surface area contributed by atoms with Crippen molar-refractivity contribution in [1.29, 1.82) is 0 Å². The molecule has 2 rings (SSSR count). The number of nitro benzene ring substituents is 1. The van der Waals surface area contributed by atoms with E-state index in [4.69, 9.17) is 0 Å². The van der Waals surface area contributed by atoms with E-state index in [9.17, 15) is 14.9 Å². The van der Waals surface area contributed by atoms with Gasteiger partial charge >= 0.3 is 0 Å². The summed E-state index contributed by atoms with van der Waals surface area (Å²) in [7, 11) is 1.59. The molecule has 1 saturated carbocycles. The van der Waals surface area contributed by atoms with Crippen LogP contribution in [0.4, 0.5) is 11.4 Å². The zero-order valence-electron chi connectivity index (χ0n) is 10.3. The van der Waals surface area contributed by atoms with Crippen molar-refractivity contribution in [2.24, 2.45) is 0 Å². The molecule has 0 atom stereocenters. The van der Waals surface area contributed by atoms with E-state index in [1.54, 1.807) is 7.05 Å². The summed E-state index contributed by atoms with van der Waals surface area (Å²) in [5.74, 6) is -0.193. The number of nitro groups is 1. The Balaban J connectivity index is 2.23. The van der Waals surface area contributed by atoms with Crippen LogP contribution in [0.1, 0.15) is 30.1 Å². The second-order valence-corrected chi connectivity index (χ2v) is 4.75. The summed E-state index contributed by atoms with van der Waals surface area (Å²) in [6.07, 6.45) is 1.95. The number of amides is 1. The summed E-state index contributed by atoms with van der Waals surface area (Å²) < 4.78 is 0. The fourth-order valence-corrected chi connectivity index (χ4v) is 1.70. The third-order valence-corrected chi connectivity index (χ3v) is 3.14. The molecule has 0 radical (unpaired) electrons. The van der Waals surface area contributed by atoms with Gasteiger partial charge in [-0.15, -0.1) is 0 Å². The lowest BCUT2D eigenvalue weighted by Crippen LogP contribution is -2.34. The fraction of sp³-hybridized carbons (Fsp3) is 0.417. The van der Waals surface area contributed by atoms with Crippen molar-refractivity contribution >= 4 is 17.3 Å². The molecule has 0 unspecified atom stereocenters. The summed E-state index contributed by atoms with van der Waals surface area (Å²) in [5.41, 5.74) is 0.636. The average Bonchev–Trinajstić information content (AvgIpc) is 3.05. The molecule has 6 heteroatoms. The Labute approximate surface area is 105 Å². The minimum Gasteiger partial charge on any atom is -0.383 e. The van der Waals surface area contributed by atoms with Crippen molar-refractivity contribution in [3.63, 3.8) is 0 Å². The van der Waals surface area contributed by atoms with Gasteiger partial charge in [0.15, 0.2) is 0 Å². The first kappa shape index (κ1) is 12.3. The Morgan fingerprint density at radius 1 is 1.44 bits per heavy atom. The van der Waals surface area contributed by atoms with Crippen LogP contribution in [0, 0.1) is 10.1 Å². The largest absolute Gasteiger partial charge is 0.383 e. The van der Waals surface area contributed by atoms with Crippen LogP contribution in [0.5, 0.6) is 0 Å². The number of nitrogens with one attached hydrogen (secondary N) is 2. The molecule has 1 fully saturated rings. The highest BCUT2D eigenvalue weighted by Crippen LogP contribution is 2.34. The van der Waals surface area contributed by atoms with E-state index in [1.165, 1.54) is 18.2 Å². The van der Waals surface area contributed by atoms with E-state index in [0.717, 1.165) is 12.8 Å². The molecule has 1 aromatic carbocycles. The molecule has 1 aromatic rings. The SMILES string of the molecule is CNc1cc(C(=O)NC2(C)CC2)ccc1[N+](=O)[O-]. The van der Waals surface area contributed by atoms with Gasteiger partial charge in [0.05, 0.1) is 4.92 Å². The minimum absolute atomic E-state index is 0.0355. The molecule has 2 N–H and O–H groups in total. The minimum atomic E-state index is -0.476. The summed E-state index contributed by atoms with van der Waals surface area (Å²) >= 11 is 0. The van der Waals surface area contributed by atoms with Crippen LogP contribution in [0.25, 0.3) is 0 Å². The lowest BCUT2D eigenvalue weighted by Gasteiger charge is -2.12. The maximum Gasteiger partial charge on any atom is 0.292 e. The lowest BCUT2D eigenvalue weighted by molar-refractivity contribution is -0.383. The van der Waals surface area contributed by atoms with E-state index in [0.29, 0.717) is 11.3 Å². The second-order valence-electron chi connectivity index (χ2n) is 4.75. The Morgan fingerprint density at radius 3 is 2.61 bits per heavy atom. The summed E-state index contributed by atoms with van der Waals surface area (Å²) in [5, 5.41) is 16.4. The van der Waals surface area contributed by atoms with Crippen molar-refractivity contribution in [3.8, 4) is 0 Å². The van der Waals surface area contributed by atoms with Crippen LogP contribution < -0.4 is 10.6 Å². The van der Waals surface area contributed by atoms with Crippen LogP contribution >= 0.6 is 0 Å². The zero-order chi connectivity index (χ0) is 13.3. The molecule has 18 heavy (non-hydrogen) atoms. The van der Waals surface area contributed by atoms with E-state index >= 15 is 0 Å². The molecular formula is C12H15N3O3. The zero-order valence-corrected chi connectivity index (χ0v) is 10.3. The Hall–Kier alpha value is -2.11. The Kier molecular flexibility index (Phi) is 2.94. The number of benzene rings is 1. The van der Waals surface area contributed by atoms with E-state index in [1.807, 2.05) is 6.92 Å². The van der Waals surface area contributed by atoms with Gasteiger partial charge in [-0.3, -0.25) is 14.9 Å². The highest BCUT2D eigenvalue weighted by atomic mass is 16.6. The molecule has 1 amide bonds. The van der Waals surface area contributed by atoms with Crippen LogP contribution in [0.2, 0.25) is 0 Å². The fourth-order valence-electron chi connectivity index (χ4n) is 1.70. The monoisotopic (exact) mass is 249 g/mol. The predicted octanol–water partition coefficient (Wildman–Crippen LogP) is 1.92. The molecule has 1 aliphatic carbocycles. The smallest absolute Gasteiger partial charge is 0.292 e. The number of carbonyl (C=O) groups is 1. The van der Waals surface area contributed by atoms with E-state index in [-0.39, 0.29) is 17.1 Å². The molecule has 0 aliphatic heterocycles. The lowest BCUT2D eigenvalue weighted by atomic mass is 10.1. The Morgan fingerprint density at radius 2 is 2.11 bits per heavy atom. The average molecular weight is 249 g/mol. The van der Waals surface area contributed by atoms with Gasteiger partial charge in [0.25, 0.3) is 11.6 Å². The van der Waals surface area contributed by atoms with Crippen LogP contribution in [0.15, 0.2) is 18.2 Å². The van der Waals surface area contributed by atoms with Crippen molar-refractivity contribution in [2.45, 2.75) is 25.3 Å². The van der Waals surface area contributed by atoms with Crippen molar-refractivity contribution in [1.82, 2.24) is 5.32 Å². The van der Waals surface area contributed by atoms with Crippen LogP contribution in [0.3, 0.4) is 0 Å². The highest BCUT2D eigenvalue weighted by Gasteiger charge is 2.38. The first-order valence-corrected chi connectivity index (χ1v) is 5.74. The number of carbonyl (C=O) groups excluding carboxylic acids is 1. The maximum atomic E-state index is 11.9. The van der Waals surface area contributed by atoms with Crippen LogP contribution in [-0.4, -0.2) is 23.4 Å². The number of hydrogen-bond acceptors (Lipinski definition) is 4. The third kappa shape index (κ3) is 2.42. The first-order valence-electron chi connectivity index (χ1n) is 5.74. The number of nitrogens with zero attached hydrogens (tertiary/aromatic N) is 1. The highest BCUT2D eigenvalue weighted by molar-refractivity contribution is 5.96. The molecule has 96 valence electrons. The van der Waals surface area contributed by atoms with E-state index < -0.39 is 4.92 Å². The van der Waals surface area contributed by atoms with Crippen LogP contribution in [-0.2, 0) is 0 Å². The van der Waals surface area contributed by atoms with Gasteiger partial charge in [0.2, 0.25) is 0 Å². The number of anilines is 1. The summed E-state index contributed by atoms with van der Waals surface area (Å²) in [6.45, 7) is 1.98. The number of hydrogen-bond donors (Lipinski definition) is 2. The molecule has 1 aliphatic rings. The molecule has 6 nitrogen and oxygen atoms in total. The molecule has 0 aromatic heterocycles. The van der Waals surface area contributed by atoms with Gasteiger partial charge in [-0.2, -0.15) is 0 Å². The normalized spacial score (nSPS) is 15.9. The van der Waals surface area contributed by atoms with Crippen molar-refractivity contribution in [3.05, 3.63) is 33.9 Å². The molecule has 0 heterocycles. The molecule has 0 spiro atoms. The molecule has 0 saturated heterocycles. The predicted molar refractivity (Wildman–Crippen MR) is 67.7 cm³/mol. The van der Waals surface area contributed by atoms with Gasteiger partial charge in [-0.05, 0) is 31.9 Å². The van der Waals surface area contributed by atoms with Gasteiger partial charge in [-0.1, -0.05) is 0 Å². The van der Waals surface area contributed by atoms with Gasteiger partial charge in [0.1, 0.15) is 5.69 Å². The van der Waals surface area contributed by atoms with Crippen molar-refractivity contribution in [2.75, 3.05) is 12.4 Å². The number of rotatable bonds is 4. The quantitative estimate of drug-likeness (QED) is 0.630. The van der Waals surface area contributed by atoms with E-state index in [2.05, 4.69) is 10.6 Å². The molecule has 0 bridgehead atoms. The van der Waals surface area contributed by atoms with Gasteiger partial charge < -0.3 is 10.6 Å². The third-order valence-electron chi connectivity index (χ3n) is 3.14. The summed E-state index contributed by atoms with van der Waals surface area (Å²) in [4.78, 5) is 22.2. The maximum absolute atomic E-state index is 11.9. The summed E-state index contributed by atoms with van der Waals surface area (Å²) in [6, 6.07) is 4.31.